The number of likely N-dealkylation sites (tertiary alicyclic amines) is 1. The molecule has 1 atom stereocenters. The first kappa shape index (κ1) is 13.2. The minimum atomic E-state index is -0.000735. The summed E-state index contributed by atoms with van der Waals surface area (Å²) >= 11 is 0. The summed E-state index contributed by atoms with van der Waals surface area (Å²) in [6.07, 6.45) is 5.74. The van der Waals surface area contributed by atoms with Gasteiger partial charge >= 0.3 is 0 Å². The van der Waals surface area contributed by atoms with Crippen LogP contribution in [0, 0.1) is 0 Å². The van der Waals surface area contributed by atoms with Crippen LogP contribution in [-0.2, 0) is 0 Å². The van der Waals surface area contributed by atoms with Gasteiger partial charge in [-0.1, -0.05) is 6.07 Å². The van der Waals surface area contributed by atoms with Crippen molar-refractivity contribution in [2.24, 2.45) is 0 Å². The summed E-state index contributed by atoms with van der Waals surface area (Å²) in [6, 6.07) is 7.60. The van der Waals surface area contributed by atoms with Gasteiger partial charge in [0.05, 0.1) is 11.6 Å². The number of carbonyl (C=O) groups is 1. The molecule has 2 aliphatic heterocycles. The molecule has 3 heterocycles. The highest BCUT2D eigenvalue weighted by atomic mass is 16.7. The molecular weight excluding hydrogens is 282 g/mol. The van der Waals surface area contributed by atoms with E-state index in [-0.39, 0.29) is 18.7 Å². The molecular formula is C16H17N3O3. The largest absolute Gasteiger partial charge is 0.454 e. The lowest BCUT2D eigenvalue weighted by Crippen LogP contribution is -2.40. The molecule has 0 unspecified atom stereocenters. The number of fused-ring (bicyclic) bond motifs is 1. The Kier molecular flexibility index (Phi) is 3.21. The second kappa shape index (κ2) is 5.36. The summed E-state index contributed by atoms with van der Waals surface area (Å²) in [4.78, 5) is 14.7. The van der Waals surface area contributed by atoms with Crippen LogP contribution in [0.25, 0.3) is 0 Å². The van der Waals surface area contributed by atoms with E-state index in [0.717, 1.165) is 19.4 Å². The smallest absolute Gasteiger partial charge is 0.257 e. The third-order valence-corrected chi connectivity index (χ3v) is 4.21. The van der Waals surface area contributed by atoms with E-state index < -0.39 is 0 Å². The first-order valence-corrected chi connectivity index (χ1v) is 7.50. The number of piperidine rings is 1. The molecule has 114 valence electrons. The fourth-order valence-corrected chi connectivity index (χ4v) is 3.12. The molecule has 6 nitrogen and oxygen atoms in total. The highest BCUT2D eigenvalue weighted by Crippen LogP contribution is 2.36. The van der Waals surface area contributed by atoms with E-state index >= 15 is 0 Å². The number of amides is 1. The van der Waals surface area contributed by atoms with Crippen LogP contribution in [0.3, 0.4) is 0 Å². The average Bonchev–Trinajstić information content (AvgIpc) is 3.25. The predicted molar refractivity (Wildman–Crippen MR) is 79.0 cm³/mol. The number of benzene rings is 1. The standard InChI is InChI=1S/C16H17N3O3/c20-16(13-5-1-6-14-15(13)22-11-21-14)18-8-2-4-12(10-18)19-9-3-7-17-19/h1,3,5-7,9,12H,2,4,8,10-11H2/t12-/m1/s1. The molecule has 2 aromatic rings. The van der Waals surface area contributed by atoms with Crippen LogP contribution in [0.2, 0.25) is 0 Å². The van der Waals surface area contributed by atoms with E-state index in [1.54, 1.807) is 12.3 Å². The Morgan fingerprint density at radius 3 is 3.09 bits per heavy atom. The number of hydrogen-bond acceptors (Lipinski definition) is 4. The fourth-order valence-electron chi connectivity index (χ4n) is 3.12. The normalized spacial score (nSPS) is 20.2. The van der Waals surface area contributed by atoms with Gasteiger partial charge in [0, 0.05) is 25.5 Å². The minimum absolute atomic E-state index is 0.000735. The van der Waals surface area contributed by atoms with Crippen molar-refractivity contribution in [3.63, 3.8) is 0 Å². The Morgan fingerprint density at radius 1 is 1.27 bits per heavy atom. The Morgan fingerprint density at radius 2 is 2.23 bits per heavy atom. The van der Waals surface area contributed by atoms with Crippen LogP contribution in [0.4, 0.5) is 0 Å². The van der Waals surface area contributed by atoms with Crippen molar-refractivity contribution in [1.29, 1.82) is 0 Å². The molecule has 1 aromatic heterocycles. The predicted octanol–water partition coefficient (Wildman–Crippen LogP) is 2.09. The number of nitrogens with zero attached hydrogens (tertiary/aromatic N) is 3. The Bertz CT molecular complexity index is 684. The molecule has 0 N–H and O–H groups in total. The van der Waals surface area contributed by atoms with Crippen LogP contribution < -0.4 is 9.47 Å². The van der Waals surface area contributed by atoms with Crippen LogP contribution >= 0.6 is 0 Å². The van der Waals surface area contributed by atoms with Gasteiger partial charge in [-0.2, -0.15) is 5.10 Å². The first-order valence-electron chi connectivity index (χ1n) is 7.50. The van der Waals surface area contributed by atoms with E-state index in [2.05, 4.69) is 5.10 Å². The van der Waals surface area contributed by atoms with E-state index in [1.807, 2.05) is 34.0 Å². The number of ether oxygens (including phenoxy) is 2. The SMILES string of the molecule is O=C(c1cccc2c1OCO2)N1CCC[C@@H](n2cccn2)C1. The van der Waals surface area contributed by atoms with E-state index in [4.69, 9.17) is 9.47 Å². The second-order valence-corrected chi connectivity index (χ2v) is 5.57. The number of carbonyl (C=O) groups excluding carboxylic acids is 1. The lowest BCUT2D eigenvalue weighted by Gasteiger charge is -2.33. The third-order valence-electron chi connectivity index (χ3n) is 4.21. The van der Waals surface area contributed by atoms with Crippen LogP contribution in [0.15, 0.2) is 36.7 Å². The number of aromatic nitrogens is 2. The van der Waals surface area contributed by atoms with Gasteiger partial charge in [-0.3, -0.25) is 9.48 Å². The Hall–Kier alpha value is -2.50. The number of para-hydroxylation sites is 1. The lowest BCUT2D eigenvalue weighted by atomic mass is 10.0. The summed E-state index contributed by atoms with van der Waals surface area (Å²) in [5.41, 5.74) is 0.580. The zero-order valence-electron chi connectivity index (χ0n) is 12.1. The van der Waals surface area contributed by atoms with Crippen molar-refractivity contribution in [3.8, 4) is 11.5 Å². The third kappa shape index (κ3) is 2.20. The highest BCUT2D eigenvalue weighted by Gasteiger charge is 2.29. The van der Waals surface area contributed by atoms with Crippen LogP contribution in [-0.4, -0.2) is 40.5 Å². The van der Waals surface area contributed by atoms with Crippen molar-refractivity contribution >= 4 is 5.91 Å². The zero-order valence-corrected chi connectivity index (χ0v) is 12.1. The molecule has 0 spiro atoms. The quantitative estimate of drug-likeness (QED) is 0.852. The summed E-state index contributed by atoms with van der Waals surface area (Å²) in [6.45, 7) is 1.61. The molecule has 0 bridgehead atoms. The average molecular weight is 299 g/mol. The van der Waals surface area contributed by atoms with Crippen LogP contribution in [0.5, 0.6) is 11.5 Å². The number of hydrogen-bond donors (Lipinski definition) is 0. The van der Waals surface area contributed by atoms with E-state index in [9.17, 15) is 4.79 Å². The van der Waals surface area contributed by atoms with Gasteiger partial charge in [-0.15, -0.1) is 0 Å². The first-order chi connectivity index (χ1) is 10.8. The summed E-state index contributed by atoms with van der Waals surface area (Å²) in [5, 5.41) is 4.30. The summed E-state index contributed by atoms with van der Waals surface area (Å²) in [7, 11) is 0. The molecule has 22 heavy (non-hydrogen) atoms. The second-order valence-electron chi connectivity index (χ2n) is 5.57. The topological polar surface area (TPSA) is 56.6 Å². The van der Waals surface area contributed by atoms with E-state index in [1.165, 1.54) is 0 Å². The van der Waals surface area contributed by atoms with E-state index in [0.29, 0.717) is 23.6 Å². The zero-order chi connectivity index (χ0) is 14.9. The molecule has 1 aromatic carbocycles. The molecule has 6 heteroatoms. The van der Waals surface area contributed by atoms with Gasteiger partial charge in [-0.05, 0) is 31.0 Å². The fraction of sp³-hybridized carbons (Fsp3) is 0.375. The molecule has 0 aliphatic carbocycles. The van der Waals surface area contributed by atoms with Crippen molar-refractivity contribution in [3.05, 3.63) is 42.2 Å². The molecule has 1 saturated heterocycles. The van der Waals surface area contributed by atoms with Gasteiger partial charge in [0.25, 0.3) is 5.91 Å². The van der Waals surface area contributed by atoms with Crippen molar-refractivity contribution in [2.45, 2.75) is 18.9 Å². The number of rotatable bonds is 2. The van der Waals surface area contributed by atoms with Gasteiger partial charge in [0.2, 0.25) is 6.79 Å². The Balaban J connectivity index is 1.57. The molecule has 0 saturated carbocycles. The summed E-state index contributed by atoms with van der Waals surface area (Å²) < 4.78 is 12.7. The van der Waals surface area contributed by atoms with Gasteiger partial charge in [0.1, 0.15) is 0 Å². The van der Waals surface area contributed by atoms with Gasteiger partial charge in [-0.25, -0.2) is 0 Å². The van der Waals surface area contributed by atoms with Gasteiger partial charge < -0.3 is 14.4 Å². The maximum atomic E-state index is 12.8. The maximum Gasteiger partial charge on any atom is 0.257 e. The molecule has 1 amide bonds. The van der Waals surface area contributed by atoms with Crippen molar-refractivity contribution in [2.75, 3.05) is 19.9 Å². The maximum absolute atomic E-state index is 12.8. The summed E-state index contributed by atoms with van der Waals surface area (Å²) in [5.74, 6) is 1.21. The molecule has 4 rings (SSSR count). The minimum Gasteiger partial charge on any atom is -0.454 e. The monoisotopic (exact) mass is 299 g/mol. The highest BCUT2D eigenvalue weighted by molar-refractivity contribution is 5.98. The molecule has 2 aliphatic rings. The van der Waals surface area contributed by atoms with Crippen molar-refractivity contribution in [1.82, 2.24) is 14.7 Å². The molecule has 0 radical (unpaired) electrons. The Labute approximate surface area is 128 Å². The molecule has 1 fully saturated rings. The van der Waals surface area contributed by atoms with Gasteiger partial charge in [0.15, 0.2) is 11.5 Å². The van der Waals surface area contributed by atoms with Crippen LogP contribution in [0.1, 0.15) is 29.2 Å². The van der Waals surface area contributed by atoms with Crippen molar-refractivity contribution < 1.29 is 14.3 Å². The lowest BCUT2D eigenvalue weighted by molar-refractivity contribution is 0.0668.